The Morgan fingerprint density at radius 2 is 1.76 bits per heavy atom. The van der Waals surface area contributed by atoms with Crippen LogP contribution in [-0.4, -0.2) is 50.0 Å². The average molecular weight is 514 g/mol. The minimum Gasteiger partial charge on any atom is -0.359 e. The Morgan fingerprint density at radius 1 is 1.14 bits per heavy atom. The first kappa shape index (κ1) is 25.7. The van der Waals surface area contributed by atoms with Gasteiger partial charge < -0.3 is 15.5 Å². The number of benzene rings is 1. The zero-order valence-electron chi connectivity index (χ0n) is 18.5. The Labute approximate surface area is 194 Å². The molecule has 1 saturated heterocycles. The fourth-order valence-corrected chi connectivity index (χ4v) is 4.13. The van der Waals surface area contributed by atoms with Gasteiger partial charge in [-0.2, -0.15) is 0 Å². The smallest absolute Gasteiger partial charge is 0.220 e. The number of guanidine groups is 1. The van der Waals surface area contributed by atoms with Gasteiger partial charge in [-0.15, -0.1) is 24.0 Å². The van der Waals surface area contributed by atoms with Gasteiger partial charge in [0.05, 0.1) is 6.54 Å². The van der Waals surface area contributed by atoms with Crippen LogP contribution in [0.4, 0.5) is 0 Å². The number of hydrogen-bond donors (Lipinski definition) is 2. The molecule has 6 heteroatoms. The number of amides is 1. The zero-order chi connectivity index (χ0) is 20.4. The monoisotopic (exact) mass is 514 g/mol. The molecule has 5 nitrogen and oxygen atoms in total. The number of hydrogen-bond acceptors (Lipinski definition) is 2. The maximum absolute atomic E-state index is 11.7. The van der Waals surface area contributed by atoms with Gasteiger partial charge in [-0.05, 0) is 44.1 Å². The van der Waals surface area contributed by atoms with Crippen LogP contribution in [0.15, 0.2) is 35.3 Å². The van der Waals surface area contributed by atoms with Gasteiger partial charge in [0.15, 0.2) is 5.96 Å². The summed E-state index contributed by atoms with van der Waals surface area (Å²) in [5.41, 5.74) is 1.46. The highest BCUT2D eigenvalue weighted by atomic mass is 127. The Balaban J connectivity index is 0.00000420. The molecule has 0 radical (unpaired) electrons. The molecule has 0 bridgehead atoms. The van der Waals surface area contributed by atoms with Gasteiger partial charge in [-0.1, -0.05) is 44.2 Å². The summed E-state index contributed by atoms with van der Waals surface area (Å²) in [7, 11) is 1.72. The lowest BCUT2D eigenvalue weighted by Crippen LogP contribution is -2.46. The average Bonchev–Trinajstić information content (AvgIpc) is 2.75. The highest BCUT2D eigenvalue weighted by Crippen LogP contribution is 2.32. The van der Waals surface area contributed by atoms with E-state index in [9.17, 15) is 4.79 Å². The first-order chi connectivity index (χ1) is 13.6. The Morgan fingerprint density at radius 3 is 2.28 bits per heavy atom. The summed E-state index contributed by atoms with van der Waals surface area (Å²) in [6.07, 6.45) is 4.88. The summed E-state index contributed by atoms with van der Waals surface area (Å²) in [5, 5.41) is 6.23. The summed E-state index contributed by atoms with van der Waals surface area (Å²) in [6, 6.07) is 10.8. The minimum atomic E-state index is 0. The molecule has 0 aliphatic carbocycles. The lowest BCUT2D eigenvalue weighted by Gasteiger charge is -2.35. The molecule has 1 fully saturated rings. The number of nitrogens with zero attached hydrogens (tertiary/aromatic N) is 2. The van der Waals surface area contributed by atoms with Crippen molar-refractivity contribution in [1.82, 2.24) is 15.5 Å². The lowest BCUT2D eigenvalue weighted by atomic mass is 9.76. The fraction of sp³-hybridized carbons (Fsp3) is 0.652. The Kier molecular flexibility index (Phi) is 11.6. The van der Waals surface area contributed by atoms with E-state index in [1.807, 2.05) is 0 Å². The number of carbonyl (C=O) groups is 1. The Bertz CT molecular complexity index is 623. The molecule has 0 spiro atoms. The third-order valence-corrected chi connectivity index (χ3v) is 6.27. The number of rotatable bonds is 8. The number of carbonyl (C=O) groups excluding carboxylic acids is 1. The SMILES string of the molecule is CCNC(=NCC(CC)(CC)c1ccccc1)N1CCC(CC(=O)NC)CC1.I. The van der Waals surface area contributed by atoms with E-state index in [4.69, 9.17) is 4.99 Å². The topological polar surface area (TPSA) is 56.7 Å². The van der Waals surface area contributed by atoms with E-state index in [1.54, 1.807) is 7.05 Å². The molecule has 29 heavy (non-hydrogen) atoms. The van der Waals surface area contributed by atoms with Crippen molar-refractivity contribution >= 4 is 35.8 Å². The van der Waals surface area contributed by atoms with E-state index >= 15 is 0 Å². The summed E-state index contributed by atoms with van der Waals surface area (Å²) in [5.74, 6) is 1.65. The maximum atomic E-state index is 11.7. The predicted molar refractivity (Wildman–Crippen MR) is 133 cm³/mol. The van der Waals surface area contributed by atoms with Gasteiger partial charge in [0.25, 0.3) is 0 Å². The third-order valence-electron chi connectivity index (χ3n) is 6.27. The second-order valence-corrected chi connectivity index (χ2v) is 7.83. The van der Waals surface area contributed by atoms with Crippen molar-refractivity contribution in [1.29, 1.82) is 0 Å². The van der Waals surface area contributed by atoms with E-state index in [2.05, 4.69) is 66.6 Å². The highest BCUT2D eigenvalue weighted by molar-refractivity contribution is 14.0. The lowest BCUT2D eigenvalue weighted by molar-refractivity contribution is -0.121. The molecule has 1 amide bonds. The molecule has 0 unspecified atom stereocenters. The highest BCUT2D eigenvalue weighted by Gasteiger charge is 2.29. The number of likely N-dealkylation sites (tertiary alicyclic amines) is 1. The second kappa shape index (κ2) is 13.1. The van der Waals surface area contributed by atoms with Gasteiger partial charge in [0, 0.05) is 38.5 Å². The van der Waals surface area contributed by atoms with E-state index < -0.39 is 0 Å². The first-order valence-electron chi connectivity index (χ1n) is 10.9. The van der Waals surface area contributed by atoms with E-state index in [1.165, 1.54) is 5.56 Å². The second-order valence-electron chi connectivity index (χ2n) is 7.83. The van der Waals surface area contributed by atoms with Crippen LogP contribution in [0.3, 0.4) is 0 Å². The van der Waals surface area contributed by atoms with Gasteiger partial charge in [-0.3, -0.25) is 9.79 Å². The van der Waals surface area contributed by atoms with Crippen LogP contribution in [0, 0.1) is 5.92 Å². The van der Waals surface area contributed by atoms with Crippen molar-refractivity contribution < 1.29 is 4.79 Å². The number of aliphatic imine (C=N–C) groups is 1. The van der Waals surface area contributed by atoms with Gasteiger partial charge >= 0.3 is 0 Å². The predicted octanol–water partition coefficient (Wildman–Crippen LogP) is 4.18. The summed E-state index contributed by atoms with van der Waals surface area (Å²) in [4.78, 5) is 19.1. The van der Waals surface area contributed by atoms with Crippen molar-refractivity contribution in [2.24, 2.45) is 10.9 Å². The van der Waals surface area contributed by atoms with Crippen molar-refractivity contribution in [2.75, 3.05) is 33.2 Å². The van der Waals surface area contributed by atoms with Crippen molar-refractivity contribution in [2.45, 2.75) is 58.3 Å². The van der Waals surface area contributed by atoms with Crippen LogP contribution >= 0.6 is 24.0 Å². The number of nitrogens with one attached hydrogen (secondary N) is 2. The molecular weight excluding hydrogens is 475 g/mol. The van der Waals surface area contributed by atoms with Crippen LogP contribution in [0.2, 0.25) is 0 Å². The number of halogens is 1. The molecule has 1 heterocycles. The Hall–Kier alpha value is -1.31. The van der Waals surface area contributed by atoms with Gasteiger partial charge in [-0.25, -0.2) is 0 Å². The van der Waals surface area contributed by atoms with Crippen molar-refractivity contribution in [3.63, 3.8) is 0 Å². The van der Waals surface area contributed by atoms with Crippen LogP contribution in [0.1, 0.15) is 58.4 Å². The fourth-order valence-electron chi connectivity index (χ4n) is 4.13. The standard InChI is InChI=1S/C23H38N4O.HI/c1-5-23(6-2,20-11-9-8-10-12-20)18-26-22(25-7-3)27-15-13-19(14-16-27)17-21(28)24-4;/h8-12,19H,5-7,13-18H2,1-4H3,(H,24,28)(H,25,26);1H. The van der Waals surface area contributed by atoms with Crippen LogP contribution in [-0.2, 0) is 10.2 Å². The zero-order valence-corrected chi connectivity index (χ0v) is 20.9. The molecule has 0 saturated carbocycles. The summed E-state index contributed by atoms with van der Waals surface area (Å²) in [6.45, 7) is 10.2. The minimum absolute atomic E-state index is 0. The molecule has 164 valence electrons. The maximum Gasteiger partial charge on any atom is 0.220 e. The number of piperidine rings is 1. The van der Waals surface area contributed by atoms with Gasteiger partial charge in [0.1, 0.15) is 0 Å². The molecule has 2 rings (SSSR count). The molecule has 0 atom stereocenters. The van der Waals surface area contributed by atoms with Crippen LogP contribution < -0.4 is 10.6 Å². The molecule has 0 aromatic heterocycles. The molecular formula is C23H39IN4O. The van der Waals surface area contributed by atoms with Gasteiger partial charge in [0.2, 0.25) is 5.91 Å². The van der Waals surface area contributed by atoms with E-state index in [-0.39, 0.29) is 35.3 Å². The molecule has 1 aliphatic heterocycles. The molecule has 1 aliphatic rings. The third kappa shape index (κ3) is 7.15. The molecule has 2 N–H and O–H groups in total. The van der Waals surface area contributed by atoms with E-state index in [0.29, 0.717) is 12.3 Å². The quantitative estimate of drug-likeness (QED) is 0.311. The first-order valence-corrected chi connectivity index (χ1v) is 10.9. The van der Waals surface area contributed by atoms with Crippen LogP contribution in [0.5, 0.6) is 0 Å². The largest absolute Gasteiger partial charge is 0.359 e. The van der Waals surface area contributed by atoms with E-state index in [0.717, 1.165) is 57.8 Å². The van der Waals surface area contributed by atoms with Crippen molar-refractivity contribution in [3.05, 3.63) is 35.9 Å². The normalized spacial score (nSPS) is 15.6. The summed E-state index contributed by atoms with van der Waals surface area (Å²) < 4.78 is 0. The summed E-state index contributed by atoms with van der Waals surface area (Å²) >= 11 is 0. The van der Waals surface area contributed by atoms with Crippen LogP contribution in [0.25, 0.3) is 0 Å². The molecule has 1 aromatic carbocycles. The van der Waals surface area contributed by atoms with Crippen molar-refractivity contribution in [3.8, 4) is 0 Å². The molecule has 1 aromatic rings.